The van der Waals surface area contributed by atoms with Crippen LogP contribution in [0.2, 0.25) is 0 Å². The standard InChI is InChI=1S/C24H26N2O5S2/c1-17-5-2-3-6-20(17)18-8-10-19(11-9-18)33(29,30)26-13-16-32-24(26)23(28)25-21(12-14-27)22-7-4-15-31-22/h2-11,15,21,24,27H,12-14,16H2,1H3,(H,25,28). The number of aliphatic hydroxyl groups is 1. The lowest BCUT2D eigenvalue weighted by Crippen LogP contribution is -2.45. The second-order valence-corrected chi connectivity index (χ2v) is 10.8. The highest BCUT2D eigenvalue weighted by Crippen LogP contribution is 2.32. The molecule has 33 heavy (non-hydrogen) atoms. The molecular formula is C24H26N2O5S2. The van der Waals surface area contributed by atoms with E-state index in [1.54, 1.807) is 36.4 Å². The highest BCUT2D eigenvalue weighted by molar-refractivity contribution is 8.02. The van der Waals surface area contributed by atoms with Crippen molar-refractivity contribution in [3.63, 3.8) is 0 Å². The normalized spacial score (nSPS) is 17.7. The fourth-order valence-electron chi connectivity index (χ4n) is 3.89. The van der Waals surface area contributed by atoms with Crippen LogP contribution in [-0.2, 0) is 14.8 Å². The summed E-state index contributed by atoms with van der Waals surface area (Å²) in [4.78, 5) is 13.2. The van der Waals surface area contributed by atoms with Gasteiger partial charge in [-0.15, -0.1) is 11.8 Å². The molecule has 1 fully saturated rings. The minimum Gasteiger partial charge on any atom is -0.467 e. The van der Waals surface area contributed by atoms with E-state index in [-0.39, 0.29) is 24.5 Å². The van der Waals surface area contributed by atoms with Crippen molar-refractivity contribution in [2.45, 2.75) is 29.7 Å². The van der Waals surface area contributed by atoms with Gasteiger partial charge in [0.25, 0.3) is 0 Å². The molecule has 2 unspecified atom stereocenters. The molecule has 9 heteroatoms. The van der Waals surface area contributed by atoms with Gasteiger partial charge in [0.2, 0.25) is 15.9 Å². The number of benzene rings is 2. The number of hydrogen-bond donors (Lipinski definition) is 2. The smallest absolute Gasteiger partial charge is 0.249 e. The van der Waals surface area contributed by atoms with Crippen LogP contribution in [-0.4, -0.2) is 48.0 Å². The number of nitrogens with one attached hydrogen (secondary N) is 1. The molecule has 2 N–H and O–H groups in total. The van der Waals surface area contributed by atoms with Crippen molar-refractivity contribution in [3.05, 3.63) is 78.3 Å². The number of carbonyl (C=O) groups excluding carboxylic acids is 1. The molecule has 0 radical (unpaired) electrons. The molecule has 0 bridgehead atoms. The van der Waals surface area contributed by atoms with E-state index >= 15 is 0 Å². The number of carbonyl (C=O) groups is 1. The highest BCUT2D eigenvalue weighted by atomic mass is 32.2. The molecule has 2 aromatic carbocycles. The Kier molecular flexibility index (Phi) is 7.23. The van der Waals surface area contributed by atoms with E-state index in [1.807, 2.05) is 31.2 Å². The maximum atomic E-state index is 13.4. The van der Waals surface area contributed by atoms with Gasteiger partial charge in [-0.1, -0.05) is 36.4 Å². The Labute approximate surface area is 197 Å². The summed E-state index contributed by atoms with van der Waals surface area (Å²) in [6.45, 7) is 2.12. The van der Waals surface area contributed by atoms with Crippen LogP contribution in [0.4, 0.5) is 0 Å². The molecule has 1 amide bonds. The first-order valence-corrected chi connectivity index (χ1v) is 13.1. The minimum atomic E-state index is -3.86. The Morgan fingerprint density at radius 3 is 2.61 bits per heavy atom. The molecule has 2 atom stereocenters. The van der Waals surface area contributed by atoms with Crippen molar-refractivity contribution >= 4 is 27.7 Å². The Bertz CT molecular complexity index is 1190. The van der Waals surface area contributed by atoms with Gasteiger partial charge >= 0.3 is 0 Å². The lowest BCUT2D eigenvalue weighted by molar-refractivity contribution is -0.123. The summed E-state index contributed by atoms with van der Waals surface area (Å²) in [6, 6.07) is 17.6. The van der Waals surface area contributed by atoms with Crippen LogP contribution in [0.5, 0.6) is 0 Å². The fourth-order valence-corrected chi connectivity index (χ4v) is 6.98. The molecule has 1 aliphatic rings. The van der Waals surface area contributed by atoms with Gasteiger partial charge in [-0.3, -0.25) is 4.79 Å². The third-order valence-corrected chi connectivity index (χ3v) is 8.83. The number of amides is 1. The molecule has 2 heterocycles. The summed E-state index contributed by atoms with van der Waals surface area (Å²) in [5.41, 5.74) is 3.08. The van der Waals surface area contributed by atoms with E-state index < -0.39 is 27.3 Å². The van der Waals surface area contributed by atoms with E-state index in [4.69, 9.17) is 4.42 Å². The van der Waals surface area contributed by atoms with Crippen molar-refractivity contribution in [3.8, 4) is 11.1 Å². The highest BCUT2D eigenvalue weighted by Gasteiger charge is 2.41. The SMILES string of the molecule is Cc1ccccc1-c1ccc(S(=O)(=O)N2CCSC2C(=O)NC(CCO)c2ccco2)cc1. The van der Waals surface area contributed by atoms with Gasteiger partial charge in [-0.25, -0.2) is 8.42 Å². The van der Waals surface area contributed by atoms with E-state index in [2.05, 4.69) is 5.32 Å². The number of nitrogens with zero attached hydrogens (tertiary/aromatic N) is 1. The number of sulfonamides is 1. The summed E-state index contributed by atoms with van der Waals surface area (Å²) >= 11 is 1.28. The van der Waals surface area contributed by atoms with Gasteiger partial charge in [0, 0.05) is 18.9 Å². The molecule has 1 aromatic heterocycles. The van der Waals surface area contributed by atoms with Gasteiger partial charge < -0.3 is 14.8 Å². The van der Waals surface area contributed by atoms with Crippen molar-refractivity contribution < 1.29 is 22.7 Å². The predicted octanol–water partition coefficient (Wildman–Crippen LogP) is 3.56. The molecule has 1 aliphatic heterocycles. The van der Waals surface area contributed by atoms with E-state index in [1.165, 1.54) is 22.3 Å². The number of aliphatic hydroxyl groups excluding tert-OH is 1. The average Bonchev–Trinajstić information content (AvgIpc) is 3.52. The van der Waals surface area contributed by atoms with Crippen LogP contribution in [0.1, 0.15) is 23.8 Å². The van der Waals surface area contributed by atoms with Crippen LogP contribution in [0, 0.1) is 6.92 Å². The molecule has 4 rings (SSSR count). The second kappa shape index (κ2) is 10.1. The quantitative estimate of drug-likeness (QED) is 0.505. The van der Waals surface area contributed by atoms with E-state index in [9.17, 15) is 18.3 Å². The zero-order valence-electron chi connectivity index (χ0n) is 18.2. The van der Waals surface area contributed by atoms with Crippen molar-refractivity contribution in [1.29, 1.82) is 0 Å². The number of hydrogen-bond acceptors (Lipinski definition) is 6. The zero-order chi connectivity index (χ0) is 23.4. The van der Waals surface area contributed by atoms with Gasteiger partial charge in [0.15, 0.2) is 0 Å². The van der Waals surface area contributed by atoms with Gasteiger partial charge in [-0.2, -0.15) is 4.31 Å². The maximum Gasteiger partial charge on any atom is 0.249 e. The third kappa shape index (κ3) is 5.01. The number of furan rings is 1. The Hall–Kier alpha value is -2.59. The first-order chi connectivity index (χ1) is 15.9. The average molecular weight is 487 g/mol. The first kappa shape index (κ1) is 23.6. The third-order valence-electron chi connectivity index (χ3n) is 5.61. The summed E-state index contributed by atoms with van der Waals surface area (Å²) in [6.07, 6.45) is 1.76. The second-order valence-electron chi connectivity index (χ2n) is 7.77. The fraction of sp³-hybridized carbons (Fsp3) is 0.292. The Morgan fingerprint density at radius 2 is 1.94 bits per heavy atom. The summed E-state index contributed by atoms with van der Waals surface area (Å²) in [5, 5.41) is 11.3. The molecule has 7 nitrogen and oxygen atoms in total. The Balaban J connectivity index is 1.53. The van der Waals surface area contributed by atoms with Crippen LogP contribution in [0.15, 0.2) is 76.2 Å². The number of aryl methyl sites for hydroxylation is 1. The Morgan fingerprint density at radius 1 is 1.18 bits per heavy atom. The number of thioether (sulfide) groups is 1. The van der Waals surface area contributed by atoms with Crippen LogP contribution in [0.3, 0.4) is 0 Å². The monoisotopic (exact) mass is 486 g/mol. The van der Waals surface area contributed by atoms with Crippen LogP contribution >= 0.6 is 11.8 Å². The van der Waals surface area contributed by atoms with Crippen molar-refractivity contribution in [2.75, 3.05) is 18.9 Å². The predicted molar refractivity (Wildman–Crippen MR) is 128 cm³/mol. The molecule has 1 saturated heterocycles. The van der Waals surface area contributed by atoms with Gasteiger partial charge in [0.1, 0.15) is 11.1 Å². The molecule has 0 saturated carbocycles. The molecular weight excluding hydrogens is 460 g/mol. The molecule has 174 valence electrons. The minimum absolute atomic E-state index is 0.140. The van der Waals surface area contributed by atoms with E-state index in [0.717, 1.165) is 16.7 Å². The summed E-state index contributed by atoms with van der Waals surface area (Å²) < 4.78 is 33.4. The molecule has 0 spiro atoms. The van der Waals surface area contributed by atoms with Gasteiger partial charge in [-0.05, 0) is 54.3 Å². The lowest BCUT2D eigenvalue weighted by Gasteiger charge is -2.24. The number of rotatable bonds is 8. The first-order valence-electron chi connectivity index (χ1n) is 10.7. The van der Waals surface area contributed by atoms with Crippen LogP contribution < -0.4 is 5.32 Å². The zero-order valence-corrected chi connectivity index (χ0v) is 19.8. The maximum absolute atomic E-state index is 13.4. The van der Waals surface area contributed by atoms with Crippen molar-refractivity contribution in [2.24, 2.45) is 0 Å². The summed E-state index contributed by atoms with van der Waals surface area (Å²) in [5.74, 6) is 0.610. The summed E-state index contributed by atoms with van der Waals surface area (Å²) in [7, 11) is -3.86. The molecule has 3 aromatic rings. The van der Waals surface area contributed by atoms with Crippen LogP contribution in [0.25, 0.3) is 11.1 Å². The van der Waals surface area contributed by atoms with E-state index in [0.29, 0.717) is 11.5 Å². The van der Waals surface area contributed by atoms with Gasteiger partial charge in [0.05, 0.1) is 17.2 Å². The van der Waals surface area contributed by atoms with Crippen molar-refractivity contribution in [1.82, 2.24) is 9.62 Å². The topological polar surface area (TPSA) is 99.9 Å². The largest absolute Gasteiger partial charge is 0.467 e. The molecule has 0 aliphatic carbocycles. The lowest BCUT2D eigenvalue weighted by atomic mass is 10.0.